The third kappa shape index (κ3) is 2.78. The summed E-state index contributed by atoms with van der Waals surface area (Å²) >= 11 is 1.39. The highest BCUT2D eigenvalue weighted by atomic mass is 32.1. The number of para-hydroxylation sites is 1. The number of rotatable bonds is 3. The molecule has 2 aromatic rings. The molecule has 0 saturated carbocycles. The van der Waals surface area contributed by atoms with Gasteiger partial charge >= 0.3 is 5.97 Å². The molecule has 5 nitrogen and oxygen atoms in total. The van der Waals surface area contributed by atoms with Gasteiger partial charge in [-0.25, -0.2) is 4.79 Å². The van der Waals surface area contributed by atoms with E-state index in [1.165, 1.54) is 11.3 Å². The van der Waals surface area contributed by atoms with Crippen molar-refractivity contribution in [1.82, 2.24) is 4.90 Å². The summed E-state index contributed by atoms with van der Waals surface area (Å²) in [6.45, 7) is 1.78. The molecular weight excluding hydrogens is 326 g/mol. The van der Waals surface area contributed by atoms with Crippen molar-refractivity contribution in [3.05, 3.63) is 40.8 Å². The van der Waals surface area contributed by atoms with Crippen LogP contribution in [0.5, 0.6) is 5.75 Å². The van der Waals surface area contributed by atoms with E-state index in [2.05, 4.69) is 0 Å². The maximum atomic E-state index is 12.3. The Labute approximate surface area is 143 Å². The number of fused-ring (bicyclic) bond motifs is 3. The average molecular weight is 343 g/mol. The molecule has 0 spiro atoms. The molecule has 2 aliphatic rings. The Hall–Kier alpha value is -2.34. The van der Waals surface area contributed by atoms with Gasteiger partial charge in [0.1, 0.15) is 17.2 Å². The highest BCUT2D eigenvalue weighted by Gasteiger charge is 2.24. The first-order valence-corrected chi connectivity index (χ1v) is 8.84. The van der Waals surface area contributed by atoms with Gasteiger partial charge in [0.25, 0.3) is 5.91 Å². The second kappa shape index (κ2) is 6.28. The topological polar surface area (TPSA) is 55.8 Å². The van der Waals surface area contributed by atoms with Crippen LogP contribution >= 0.6 is 11.3 Å². The average Bonchev–Trinajstić information content (AvgIpc) is 3.28. The SMILES string of the molecule is O=C(OCC(=O)N1CCCC1)c1cc2c(s1)-c1ccccc1OC2. The van der Waals surface area contributed by atoms with Crippen molar-refractivity contribution in [3.8, 4) is 16.2 Å². The number of carbonyl (C=O) groups excluding carboxylic acids is 2. The molecule has 24 heavy (non-hydrogen) atoms. The maximum absolute atomic E-state index is 12.3. The lowest BCUT2D eigenvalue weighted by Gasteiger charge is -2.16. The molecule has 0 radical (unpaired) electrons. The number of hydrogen-bond acceptors (Lipinski definition) is 5. The van der Waals surface area contributed by atoms with Gasteiger partial charge in [0.05, 0.1) is 0 Å². The molecule has 4 rings (SSSR count). The Morgan fingerprint density at radius 2 is 2.00 bits per heavy atom. The monoisotopic (exact) mass is 343 g/mol. The third-order valence-electron chi connectivity index (χ3n) is 4.31. The zero-order valence-corrected chi connectivity index (χ0v) is 13.9. The summed E-state index contributed by atoms with van der Waals surface area (Å²) < 4.78 is 10.9. The summed E-state index contributed by atoms with van der Waals surface area (Å²) in [5.74, 6) is 0.270. The minimum Gasteiger partial charge on any atom is -0.488 e. The van der Waals surface area contributed by atoms with Crippen LogP contribution in [0, 0.1) is 0 Å². The fraction of sp³-hybridized carbons (Fsp3) is 0.333. The van der Waals surface area contributed by atoms with Gasteiger partial charge in [0, 0.05) is 29.1 Å². The van der Waals surface area contributed by atoms with E-state index in [0.29, 0.717) is 11.5 Å². The van der Waals surface area contributed by atoms with Gasteiger partial charge in [-0.3, -0.25) is 4.79 Å². The highest BCUT2D eigenvalue weighted by Crippen LogP contribution is 2.42. The predicted octanol–water partition coefficient (Wildman–Crippen LogP) is 3.09. The van der Waals surface area contributed by atoms with E-state index in [-0.39, 0.29) is 12.5 Å². The summed E-state index contributed by atoms with van der Waals surface area (Å²) in [4.78, 5) is 27.5. The number of amides is 1. The summed E-state index contributed by atoms with van der Waals surface area (Å²) in [5.41, 5.74) is 1.98. The molecule has 2 aliphatic heterocycles. The molecule has 1 fully saturated rings. The van der Waals surface area contributed by atoms with Crippen molar-refractivity contribution >= 4 is 23.2 Å². The molecule has 0 bridgehead atoms. The predicted molar refractivity (Wildman–Crippen MR) is 90.2 cm³/mol. The quantitative estimate of drug-likeness (QED) is 0.804. The number of ether oxygens (including phenoxy) is 2. The molecule has 0 aliphatic carbocycles. The van der Waals surface area contributed by atoms with Crippen LogP contribution < -0.4 is 4.74 Å². The third-order valence-corrected chi connectivity index (χ3v) is 5.50. The molecule has 1 aromatic heterocycles. The van der Waals surface area contributed by atoms with E-state index in [4.69, 9.17) is 9.47 Å². The van der Waals surface area contributed by atoms with E-state index in [9.17, 15) is 9.59 Å². The normalized spacial score (nSPS) is 15.4. The number of thiophene rings is 1. The molecule has 6 heteroatoms. The molecule has 0 N–H and O–H groups in total. The first-order chi connectivity index (χ1) is 11.7. The summed E-state index contributed by atoms with van der Waals surface area (Å²) in [7, 11) is 0. The van der Waals surface area contributed by atoms with Crippen LogP contribution in [-0.2, 0) is 16.1 Å². The van der Waals surface area contributed by atoms with Gasteiger partial charge in [-0.2, -0.15) is 0 Å². The standard InChI is InChI=1S/C18H17NO4S/c20-16(19-7-3-4-8-19)11-23-18(21)15-9-12-10-22-14-6-2-1-5-13(14)17(12)24-15/h1-2,5-6,9H,3-4,7-8,10-11H2. The number of carbonyl (C=O) groups is 2. The van der Waals surface area contributed by atoms with Gasteiger partial charge in [-0.15, -0.1) is 11.3 Å². The first-order valence-electron chi connectivity index (χ1n) is 8.02. The number of nitrogens with zero attached hydrogens (tertiary/aromatic N) is 1. The fourth-order valence-corrected chi connectivity index (χ4v) is 4.15. The molecule has 0 unspecified atom stereocenters. The highest BCUT2D eigenvalue weighted by molar-refractivity contribution is 7.17. The first kappa shape index (κ1) is 15.2. The lowest BCUT2D eigenvalue weighted by Crippen LogP contribution is -2.31. The zero-order chi connectivity index (χ0) is 16.5. The van der Waals surface area contributed by atoms with Crippen molar-refractivity contribution in [2.45, 2.75) is 19.4 Å². The van der Waals surface area contributed by atoms with E-state index >= 15 is 0 Å². The van der Waals surface area contributed by atoms with Crippen LogP contribution in [0.25, 0.3) is 10.4 Å². The summed E-state index contributed by atoms with van der Waals surface area (Å²) in [5, 5.41) is 0. The van der Waals surface area contributed by atoms with E-state index < -0.39 is 5.97 Å². The van der Waals surface area contributed by atoms with Crippen LogP contribution in [0.2, 0.25) is 0 Å². The van der Waals surface area contributed by atoms with Crippen LogP contribution in [0.3, 0.4) is 0 Å². The van der Waals surface area contributed by atoms with E-state index in [1.807, 2.05) is 24.3 Å². The number of benzene rings is 1. The summed E-state index contributed by atoms with van der Waals surface area (Å²) in [6, 6.07) is 9.58. The van der Waals surface area contributed by atoms with Crippen molar-refractivity contribution in [3.63, 3.8) is 0 Å². The van der Waals surface area contributed by atoms with Gasteiger partial charge in [-0.1, -0.05) is 12.1 Å². The van der Waals surface area contributed by atoms with Gasteiger partial charge in [-0.05, 0) is 31.0 Å². The van der Waals surface area contributed by atoms with Gasteiger partial charge in [0.2, 0.25) is 0 Å². The van der Waals surface area contributed by atoms with Gasteiger partial charge in [0.15, 0.2) is 6.61 Å². The minimum absolute atomic E-state index is 0.115. The van der Waals surface area contributed by atoms with Crippen LogP contribution in [0.4, 0.5) is 0 Å². The minimum atomic E-state index is -0.445. The number of likely N-dealkylation sites (tertiary alicyclic amines) is 1. The largest absolute Gasteiger partial charge is 0.488 e. The Bertz CT molecular complexity index is 792. The molecule has 1 aromatic carbocycles. The number of hydrogen-bond donors (Lipinski definition) is 0. The second-order valence-electron chi connectivity index (χ2n) is 5.91. The molecule has 1 amide bonds. The Kier molecular flexibility index (Phi) is 3.98. The number of esters is 1. The van der Waals surface area contributed by atoms with E-state index in [0.717, 1.165) is 47.7 Å². The van der Waals surface area contributed by atoms with Crippen molar-refractivity contribution in [2.75, 3.05) is 19.7 Å². The lowest BCUT2D eigenvalue weighted by molar-refractivity contribution is -0.133. The van der Waals surface area contributed by atoms with E-state index in [1.54, 1.807) is 11.0 Å². The Morgan fingerprint density at radius 3 is 2.83 bits per heavy atom. The van der Waals surface area contributed by atoms with Crippen molar-refractivity contribution < 1.29 is 19.1 Å². The van der Waals surface area contributed by atoms with Crippen molar-refractivity contribution in [2.24, 2.45) is 0 Å². The van der Waals surface area contributed by atoms with Crippen LogP contribution in [0.15, 0.2) is 30.3 Å². The molecular formula is C18H17NO4S. The smallest absolute Gasteiger partial charge is 0.348 e. The molecule has 124 valence electrons. The van der Waals surface area contributed by atoms with Gasteiger partial charge < -0.3 is 14.4 Å². The van der Waals surface area contributed by atoms with Crippen molar-refractivity contribution in [1.29, 1.82) is 0 Å². The molecule has 1 saturated heterocycles. The van der Waals surface area contributed by atoms with Crippen LogP contribution in [-0.4, -0.2) is 36.5 Å². The summed E-state index contributed by atoms with van der Waals surface area (Å²) in [6.07, 6.45) is 2.05. The fourth-order valence-electron chi connectivity index (χ4n) is 3.06. The Balaban J connectivity index is 1.47. The van der Waals surface area contributed by atoms with Crippen LogP contribution in [0.1, 0.15) is 28.1 Å². The Morgan fingerprint density at radius 1 is 1.21 bits per heavy atom. The molecule has 3 heterocycles. The molecule has 0 atom stereocenters. The zero-order valence-electron chi connectivity index (χ0n) is 13.1. The maximum Gasteiger partial charge on any atom is 0.348 e. The second-order valence-corrected chi connectivity index (χ2v) is 6.97. The lowest BCUT2D eigenvalue weighted by atomic mass is 10.1.